The first kappa shape index (κ1) is 18.6. The van der Waals surface area contributed by atoms with Gasteiger partial charge in [0.15, 0.2) is 0 Å². The van der Waals surface area contributed by atoms with Crippen LogP contribution >= 0.6 is 0 Å². The molecular weight excluding hydrogens is 338 g/mol. The SMILES string of the molecule is COc1ccccc1CNc1cc(-c2ccncc2)nc(NC(C)(C)C)n1. The topological polar surface area (TPSA) is 72.0 Å². The second kappa shape index (κ2) is 8.03. The summed E-state index contributed by atoms with van der Waals surface area (Å²) in [6.45, 7) is 6.85. The minimum absolute atomic E-state index is 0.142. The highest BCUT2D eigenvalue weighted by atomic mass is 16.5. The van der Waals surface area contributed by atoms with E-state index in [0.717, 1.165) is 28.4 Å². The number of nitrogens with one attached hydrogen (secondary N) is 2. The normalized spacial score (nSPS) is 11.1. The maximum absolute atomic E-state index is 5.42. The zero-order valence-corrected chi connectivity index (χ0v) is 16.2. The smallest absolute Gasteiger partial charge is 0.225 e. The van der Waals surface area contributed by atoms with Gasteiger partial charge in [-0.15, -0.1) is 0 Å². The molecule has 6 heteroatoms. The van der Waals surface area contributed by atoms with Gasteiger partial charge in [0.05, 0.1) is 12.8 Å². The first-order chi connectivity index (χ1) is 12.9. The highest BCUT2D eigenvalue weighted by Gasteiger charge is 2.14. The van der Waals surface area contributed by atoms with Crippen LogP contribution in [0.1, 0.15) is 26.3 Å². The average Bonchev–Trinajstić information content (AvgIpc) is 2.66. The Hall–Kier alpha value is -3.15. The van der Waals surface area contributed by atoms with Gasteiger partial charge in [0.1, 0.15) is 11.6 Å². The molecule has 0 saturated carbocycles. The van der Waals surface area contributed by atoms with Gasteiger partial charge >= 0.3 is 0 Å². The van der Waals surface area contributed by atoms with E-state index in [-0.39, 0.29) is 5.54 Å². The third-order valence-corrected chi connectivity index (χ3v) is 3.84. The Morgan fingerprint density at radius 3 is 2.44 bits per heavy atom. The molecule has 3 aromatic rings. The molecule has 2 N–H and O–H groups in total. The van der Waals surface area contributed by atoms with Gasteiger partial charge in [-0.25, -0.2) is 4.98 Å². The molecule has 0 spiro atoms. The van der Waals surface area contributed by atoms with E-state index >= 15 is 0 Å². The molecule has 0 atom stereocenters. The van der Waals surface area contributed by atoms with Gasteiger partial charge in [-0.05, 0) is 39.0 Å². The Kier molecular flexibility index (Phi) is 5.54. The number of pyridine rings is 1. The Morgan fingerprint density at radius 1 is 1.00 bits per heavy atom. The van der Waals surface area contributed by atoms with E-state index in [1.54, 1.807) is 19.5 Å². The van der Waals surface area contributed by atoms with Crippen LogP contribution in [-0.4, -0.2) is 27.6 Å². The van der Waals surface area contributed by atoms with Gasteiger partial charge in [0, 0.05) is 41.7 Å². The van der Waals surface area contributed by atoms with Crippen LogP contribution in [-0.2, 0) is 6.54 Å². The molecule has 0 amide bonds. The molecule has 0 radical (unpaired) electrons. The highest BCUT2D eigenvalue weighted by molar-refractivity contribution is 5.64. The molecule has 1 aromatic carbocycles. The molecule has 2 aromatic heterocycles. The van der Waals surface area contributed by atoms with Crippen LogP contribution in [0.3, 0.4) is 0 Å². The summed E-state index contributed by atoms with van der Waals surface area (Å²) in [7, 11) is 1.68. The lowest BCUT2D eigenvalue weighted by Crippen LogP contribution is -2.27. The lowest BCUT2D eigenvalue weighted by molar-refractivity contribution is 0.410. The Balaban J connectivity index is 1.90. The number of benzene rings is 1. The number of hydrogen-bond donors (Lipinski definition) is 2. The van der Waals surface area contributed by atoms with Crippen LogP contribution in [0.15, 0.2) is 54.9 Å². The number of methoxy groups -OCH3 is 1. The van der Waals surface area contributed by atoms with Crippen molar-refractivity contribution in [2.75, 3.05) is 17.7 Å². The second-order valence-corrected chi connectivity index (χ2v) is 7.24. The fourth-order valence-electron chi connectivity index (χ4n) is 2.63. The van der Waals surface area contributed by atoms with Gasteiger partial charge in [0.25, 0.3) is 0 Å². The van der Waals surface area contributed by atoms with E-state index in [9.17, 15) is 0 Å². The maximum atomic E-state index is 5.42. The van der Waals surface area contributed by atoms with Crippen LogP contribution in [0.2, 0.25) is 0 Å². The molecule has 2 heterocycles. The Labute approximate surface area is 160 Å². The van der Waals surface area contributed by atoms with Gasteiger partial charge in [0.2, 0.25) is 5.95 Å². The van der Waals surface area contributed by atoms with Crippen LogP contribution in [0, 0.1) is 0 Å². The third kappa shape index (κ3) is 5.17. The molecule has 27 heavy (non-hydrogen) atoms. The third-order valence-electron chi connectivity index (χ3n) is 3.84. The number of aromatic nitrogens is 3. The molecule has 0 aliphatic rings. The monoisotopic (exact) mass is 363 g/mol. The Morgan fingerprint density at radius 2 is 1.74 bits per heavy atom. The predicted molar refractivity (Wildman–Crippen MR) is 109 cm³/mol. The lowest BCUT2D eigenvalue weighted by Gasteiger charge is -2.21. The minimum Gasteiger partial charge on any atom is -0.496 e. The summed E-state index contributed by atoms with van der Waals surface area (Å²) in [4.78, 5) is 13.4. The van der Waals surface area contributed by atoms with Crippen LogP contribution in [0.5, 0.6) is 5.75 Å². The van der Waals surface area contributed by atoms with Crippen molar-refractivity contribution >= 4 is 11.8 Å². The fourth-order valence-corrected chi connectivity index (χ4v) is 2.63. The van der Waals surface area contributed by atoms with Crippen LogP contribution in [0.4, 0.5) is 11.8 Å². The fraction of sp³-hybridized carbons (Fsp3) is 0.286. The summed E-state index contributed by atoms with van der Waals surface area (Å²) in [5.41, 5.74) is 2.75. The summed E-state index contributed by atoms with van der Waals surface area (Å²) < 4.78 is 5.42. The van der Waals surface area contributed by atoms with E-state index in [2.05, 4.69) is 46.4 Å². The van der Waals surface area contributed by atoms with Crippen molar-refractivity contribution in [3.05, 3.63) is 60.4 Å². The van der Waals surface area contributed by atoms with Crippen LogP contribution < -0.4 is 15.4 Å². The molecule has 6 nitrogen and oxygen atoms in total. The molecule has 140 valence electrons. The Bertz CT molecular complexity index is 891. The molecule has 0 fully saturated rings. The van der Waals surface area contributed by atoms with E-state index in [4.69, 9.17) is 4.74 Å². The summed E-state index contributed by atoms with van der Waals surface area (Å²) in [5, 5.41) is 6.74. The summed E-state index contributed by atoms with van der Waals surface area (Å²) in [6, 6.07) is 13.8. The van der Waals surface area contributed by atoms with E-state index < -0.39 is 0 Å². The second-order valence-electron chi connectivity index (χ2n) is 7.24. The number of para-hydroxylation sites is 1. The van der Waals surface area contributed by atoms with Crippen LogP contribution in [0.25, 0.3) is 11.3 Å². The number of ether oxygens (including phenoxy) is 1. The molecule has 0 aliphatic carbocycles. The van der Waals surface area contributed by atoms with E-state index in [0.29, 0.717) is 12.5 Å². The predicted octanol–water partition coefficient (Wildman–Crippen LogP) is 4.37. The lowest BCUT2D eigenvalue weighted by atomic mass is 10.1. The van der Waals surface area contributed by atoms with Gasteiger partial charge in [-0.2, -0.15) is 4.98 Å². The largest absolute Gasteiger partial charge is 0.496 e. The first-order valence-electron chi connectivity index (χ1n) is 8.88. The van der Waals surface area contributed by atoms with E-state index in [1.807, 2.05) is 42.5 Å². The highest BCUT2D eigenvalue weighted by Crippen LogP contribution is 2.24. The zero-order chi connectivity index (χ0) is 19.3. The number of nitrogens with zero attached hydrogens (tertiary/aromatic N) is 3. The number of anilines is 2. The van der Waals surface area contributed by atoms with Gasteiger partial charge in [-0.3, -0.25) is 4.98 Å². The van der Waals surface area contributed by atoms with Crippen molar-refractivity contribution in [1.29, 1.82) is 0 Å². The van der Waals surface area contributed by atoms with Crippen molar-refractivity contribution in [3.8, 4) is 17.0 Å². The van der Waals surface area contributed by atoms with Crippen molar-refractivity contribution in [2.45, 2.75) is 32.9 Å². The molecule has 0 bridgehead atoms. The molecule has 0 unspecified atom stereocenters. The maximum Gasteiger partial charge on any atom is 0.225 e. The van der Waals surface area contributed by atoms with Gasteiger partial charge < -0.3 is 15.4 Å². The van der Waals surface area contributed by atoms with Gasteiger partial charge in [-0.1, -0.05) is 18.2 Å². The quantitative estimate of drug-likeness (QED) is 0.678. The number of hydrogen-bond acceptors (Lipinski definition) is 6. The summed E-state index contributed by atoms with van der Waals surface area (Å²) in [6.07, 6.45) is 3.52. The van der Waals surface area contributed by atoms with Crippen molar-refractivity contribution in [2.24, 2.45) is 0 Å². The molecular formula is C21H25N5O. The standard InChI is InChI=1S/C21H25N5O/c1-21(2,3)26-20-24-17(15-9-11-22-12-10-15)13-19(25-20)23-14-16-7-5-6-8-18(16)27-4/h5-13H,14H2,1-4H3,(H2,23,24,25,26). The molecule has 0 saturated heterocycles. The number of rotatable bonds is 6. The minimum atomic E-state index is -0.142. The average molecular weight is 363 g/mol. The van der Waals surface area contributed by atoms with Crippen molar-refractivity contribution in [1.82, 2.24) is 15.0 Å². The van der Waals surface area contributed by atoms with E-state index in [1.165, 1.54) is 0 Å². The summed E-state index contributed by atoms with van der Waals surface area (Å²) >= 11 is 0. The zero-order valence-electron chi connectivity index (χ0n) is 16.2. The van der Waals surface area contributed by atoms with Crippen molar-refractivity contribution in [3.63, 3.8) is 0 Å². The molecule has 0 aliphatic heterocycles. The molecule has 3 rings (SSSR count). The summed E-state index contributed by atoms with van der Waals surface area (Å²) in [5.74, 6) is 2.18. The van der Waals surface area contributed by atoms with Crippen molar-refractivity contribution < 1.29 is 4.74 Å². The first-order valence-corrected chi connectivity index (χ1v) is 8.88.